The first kappa shape index (κ1) is 21.0. The Morgan fingerprint density at radius 3 is 2.41 bits per heavy atom. The van der Waals surface area contributed by atoms with E-state index >= 15 is 0 Å². The van der Waals surface area contributed by atoms with Gasteiger partial charge < -0.3 is 10.2 Å². The second kappa shape index (κ2) is 10.2. The molecule has 1 unspecified atom stereocenters. The standard InChI is InChI=1S/C24H29FN2O2/c1-18(24(29)26-21-12-6-7-13-21)27(17-20-11-5-8-14-22(20)25)23(28)16-15-19-9-3-2-4-10-19/h2-5,8-11,14,18,21H,6-7,12-13,15-17H2,1H3,(H,26,29). The first-order valence-electron chi connectivity index (χ1n) is 10.4. The SMILES string of the molecule is CC(C(=O)NC1CCCC1)N(Cc1ccccc1F)C(=O)CCc1ccccc1. The van der Waals surface area contributed by atoms with E-state index in [1.54, 1.807) is 25.1 Å². The van der Waals surface area contributed by atoms with Crippen LogP contribution in [0.2, 0.25) is 0 Å². The Bertz CT molecular complexity index is 819. The van der Waals surface area contributed by atoms with Crippen molar-refractivity contribution < 1.29 is 14.0 Å². The van der Waals surface area contributed by atoms with Crippen molar-refractivity contribution in [3.63, 3.8) is 0 Å². The molecule has 1 saturated carbocycles. The van der Waals surface area contributed by atoms with E-state index in [-0.39, 0.29) is 36.6 Å². The smallest absolute Gasteiger partial charge is 0.242 e. The third kappa shape index (κ3) is 5.89. The lowest BCUT2D eigenvalue weighted by Gasteiger charge is -2.30. The highest BCUT2D eigenvalue weighted by atomic mass is 19.1. The number of carbonyl (C=O) groups is 2. The third-order valence-electron chi connectivity index (χ3n) is 5.64. The summed E-state index contributed by atoms with van der Waals surface area (Å²) in [7, 11) is 0. The molecule has 3 rings (SSSR count). The lowest BCUT2D eigenvalue weighted by molar-refractivity contribution is -0.140. The van der Waals surface area contributed by atoms with Crippen molar-refractivity contribution in [1.29, 1.82) is 0 Å². The van der Waals surface area contributed by atoms with Crippen LogP contribution in [0.3, 0.4) is 0 Å². The molecule has 2 aromatic rings. The Balaban J connectivity index is 1.71. The van der Waals surface area contributed by atoms with Crippen LogP contribution in [0, 0.1) is 5.82 Å². The van der Waals surface area contributed by atoms with Gasteiger partial charge in [-0.1, -0.05) is 61.4 Å². The number of amides is 2. The van der Waals surface area contributed by atoms with Gasteiger partial charge in [-0.15, -0.1) is 0 Å². The van der Waals surface area contributed by atoms with Gasteiger partial charge in [0.15, 0.2) is 0 Å². The van der Waals surface area contributed by atoms with Crippen molar-refractivity contribution in [2.24, 2.45) is 0 Å². The van der Waals surface area contributed by atoms with Gasteiger partial charge in [-0.25, -0.2) is 4.39 Å². The van der Waals surface area contributed by atoms with Crippen LogP contribution in [0.4, 0.5) is 4.39 Å². The van der Waals surface area contributed by atoms with E-state index in [4.69, 9.17) is 0 Å². The highest BCUT2D eigenvalue weighted by molar-refractivity contribution is 5.87. The van der Waals surface area contributed by atoms with E-state index < -0.39 is 6.04 Å². The van der Waals surface area contributed by atoms with Crippen molar-refractivity contribution in [3.05, 3.63) is 71.5 Å². The number of nitrogens with one attached hydrogen (secondary N) is 1. The summed E-state index contributed by atoms with van der Waals surface area (Å²) >= 11 is 0. The molecule has 5 heteroatoms. The van der Waals surface area contributed by atoms with Gasteiger partial charge >= 0.3 is 0 Å². The normalized spacial score (nSPS) is 15.1. The topological polar surface area (TPSA) is 49.4 Å². The van der Waals surface area contributed by atoms with Crippen LogP contribution in [0.1, 0.15) is 50.2 Å². The lowest BCUT2D eigenvalue weighted by atomic mass is 10.1. The number of rotatable bonds is 8. The van der Waals surface area contributed by atoms with Crippen LogP contribution in [-0.2, 0) is 22.6 Å². The van der Waals surface area contributed by atoms with Crippen LogP contribution < -0.4 is 5.32 Å². The predicted molar refractivity (Wildman–Crippen MR) is 112 cm³/mol. The van der Waals surface area contributed by atoms with E-state index in [0.717, 1.165) is 31.2 Å². The lowest BCUT2D eigenvalue weighted by Crippen LogP contribution is -2.49. The average Bonchev–Trinajstić information content (AvgIpc) is 3.24. The molecule has 29 heavy (non-hydrogen) atoms. The summed E-state index contributed by atoms with van der Waals surface area (Å²) < 4.78 is 14.2. The van der Waals surface area contributed by atoms with Crippen LogP contribution in [0.15, 0.2) is 54.6 Å². The van der Waals surface area contributed by atoms with Crippen LogP contribution >= 0.6 is 0 Å². The summed E-state index contributed by atoms with van der Waals surface area (Å²) in [5, 5.41) is 3.06. The van der Waals surface area contributed by atoms with Gasteiger partial charge in [-0.2, -0.15) is 0 Å². The van der Waals surface area contributed by atoms with E-state index in [0.29, 0.717) is 12.0 Å². The summed E-state index contributed by atoms with van der Waals surface area (Å²) in [4.78, 5) is 27.3. The molecule has 1 aliphatic rings. The van der Waals surface area contributed by atoms with Crippen molar-refractivity contribution in [3.8, 4) is 0 Å². The summed E-state index contributed by atoms with van der Waals surface area (Å²) in [6.07, 6.45) is 5.06. The molecule has 0 aliphatic heterocycles. The van der Waals surface area contributed by atoms with Crippen molar-refractivity contribution in [1.82, 2.24) is 10.2 Å². The highest BCUT2D eigenvalue weighted by Crippen LogP contribution is 2.19. The molecule has 0 radical (unpaired) electrons. The van der Waals surface area contributed by atoms with Gasteiger partial charge in [0.05, 0.1) is 0 Å². The molecule has 2 amide bonds. The molecule has 0 spiro atoms. The summed E-state index contributed by atoms with van der Waals surface area (Å²) in [6, 6.07) is 15.7. The zero-order valence-corrected chi connectivity index (χ0v) is 16.9. The zero-order chi connectivity index (χ0) is 20.6. The molecule has 1 atom stereocenters. The number of hydrogen-bond donors (Lipinski definition) is 1. The number of halogens is 1. The summed E-state index contributed by atoms with van der Waals surface area (Å²) in [6.45, 7) is 1.81. The second-order valence-corrected chi connectivity index (χ2v) is 7.76. The van der Waals surface area contributed by atoms with Crippen LogP contribution in [0.5, 0.6) is 0 Å². The van der Waals surface area contributed by atoms with Crippen molar-refractivity contribution in [2.45, 2.75) is 64.1 Å². The summed E-state index contributed by atoms with van der Waals surface area (Å²) in [5.74, 6) is -0.677. The fraction of sp³-hybridized carbons (Fsp3) is 0.417. The largest absolute Gasteiger partial charge is 0.352 e. The number of hydrogen-bond acceptors (Lipinski definition) is 2. The Morgan fingerprint density at radius 1 is 1.07 bits per heavy atom. The number of carbonyl (C=O) groups excluding carboxylic acids is 2. The van der Waals surface area contributed by atoms with Gasteiger partial charge in [0.2, 0.25) is 11.8 Å². The Morgan fingerprint density at radius 2 is 1.72 bits per heavy atom. The molecule has 0 saturated heterocycles. The first-order valence-corrected chi connectivity index (χ1v) is 10.4. The van der Waals surface area contributed by atoms with Gasteiger partial charge in [-0.05, 0) is 37.8 Å². The van der Waals surface area contributed by atoms with E-state index in [2.05, 4.69) is 5.32 Å². The molecule has 0 aromatic heterocycles. The monoisotopic (exact) mass is 396 g/mol. The minimum Gasteiger partial charge on any atom is -0.352 e. The van der Waals surface area contributed by atoms with Gasteiger partial charge in [0.1, 0.15) is 11.9 Å². The minimum atomic E-state index is -0.654. The van der Waals surface area contributed by atoms with Crippen LogP contribution in [0.25, 0.3) is 0 Å². The minimum absolute atomic E-state index is 0.0829. The number of nitrogens with zero attached hydrogens (tertiary/aromatic N) is 1. The van der Waals surface area contributed by atoms with E-state index in [1.807, 2.05) is 30.3 Å². The third-order valence-corrected chi connectivity index (χ3v) is 5.64. The zero-order valence-electron chi connectivity index (χ0n) is 16.9. The molecular weight excluding hydrogens is 367 g/mol. The van der Waals surface area contributed by atoms with Gasteiger partial charge in [0, 0.05) is 24.6 Å². The average molecular weight is 397 g/mol. The quantitative estimate of drug-likeness (QED) is 0.726. The first-order chi connectivity index (χ1) is 14.0. The molecule has 2 aromatic carbocycles. The van der Waals surface area contributed by atoms with Crippen molar-refractivity contribution >= 4 is 11.8 Å². The second-order valence-electron chi connectivity index (χ2n) is 7.76. The van der Waals surface area contributed by atoms with Crippen molar-refractivity contribution in [2.75, 3.05) is 0 Å². The number of benzene rings is 2. The van der Waals surface area contributed by atoms with E-state index in [9.17, 15) is 14.0 Å². The Hall–Kier alpha value is -2.69. The summed E-state index contributed by atoms with van der Waals surface area (Å²) in [5.41, 5.74) is 1.48. The van der Waals surface area contributed by atoms with Gasteiger partial charge in [-0.3, -0.25) is 9.59 Å². The van der Waals surface area contributed by atoms with Gasteiger partial charge in [0.25, 0.3) is 0 Å². The van der Waals surface area contributed by atoms with Crippen LogP contribution in [-0.4, -0.2) is 28.8 Å². The predicted octanol–water partition coefficient (Wildman–Crippen LogP) is 4.23. The maximum Gasteiger partial charge on any atom is 0.242 e. The maximum absolute atomic E-state index is 14.2. The molecule has 4 nitrogen and oxygen atoms in total. The molecule has 1 aliphatic carbocycles. The fourth-order valence-electron chi connectivity index (χ4n) is 3.82. The molecule has 0 bridgehead atoms. The maximum atomic E-state index is 14.2. The molecular formula is C24H29FN2O2. The fourth-order valence-corrected chi connectivity index (χ4v) is 3.82. The Labute approximate surface area is 172 Å². The number of aryl methyl sites for hydroxylation is 1. The highest BCUT2D eigenvalue weighted by Gasteiger charge is 2.28. The van der Waals surface area contributed by atoms with E-state index in [1.165, 1.54) is 11.0 Å². The molecule has 1 N–H and O–H groups in total. The molecule has 0 heterocycles. The Kier molecular flexibility index (Phi) is 7.39. The molecule has 154 valence electrons. The molecule has 1 fully saturated rings.